The van der Waals surface area contributed by atoms with Crippen molar-refractivity contribution in [2.75, 3.05) is 12.3 Å². The molecule has 0 bridgehead atoms. The van der Waals surface area contributed by atoms with Gasteiger partial charge in [-0.15, -0.1) is 0 Å². The maximum atomic E-state index is 11.9. The van der Waals surface area contributed by atoms with Crippen LogP contribution in [0.2, 0.25) is 0 Å². The molecule has 0 aromatic heterocycles. The van der Waals surface area contributed by atoms with Gasteiger partial charge in [0.1, 0.15) is 0 Å². The van der Waals surface area contributed by atoms with E-state index in [2.05, 4.69) is 5.32 Å². The number of nitrogens with one attached hydrogen (secondary N) is 1. The largest absolute Gasteiger partial charge is 0.441 e. The van der Waals surface area contributed by atoms with Crippen molar-refractivity contribution < 1.29 is 13.2 Å². The summed E-state index contributed by atoms with van der Waals surface area (Å²) in [7, 11) is 0. The number of benzene rings is 1. The molecule has 1 aromatic carbocycles. The van der Waals surface area contributed by atoms with Gasteiger partial charge in [-0.05, 0) is 36.7 Å². The van der Waals surface area contributed by atoms with E-state index in [1.807, 2.05) is 38.1 Å². The third-order valence-electron chi connectivity index (χ3n) is 2.47. The number of halogens is 3. The molecule has 0 aliphatic heterocycles. The second-order valence-corrected chi connectivity index (χ2v) is 4.99. The Morgan fingerprint density at radius 3 is 2.53 bits per heavy atom. The van der Waals surface area contributed by atoms with Crippen molar-refractivity contribution in [3.8, 4) is 0 Å². The number of aryl methyl sites for hydroxylation is 1. The van der Waals surface area contributed by atoms with Crippen molar-refractivity contribution in [3.05, 3.63) is 35.4 Å². The van der Waals surface area contributed by atoms with Gasteiger partial charge in [0.05, 0.1) is 0 Å². The average molecular weight is 263 g/mol. The first-order valence-corrected chi connectivity index (χ1v) is 6.38. The zero-order valence-electron chi connectivity index (χ0n) is 9.84. The molecular weight excluding hydrogens is 247 g/mol. The molecule has 1 aromatic rings. The Morgan fingerprint density at radius 1 is 1.29 bits per heavy atom. The summed E-state index contributed by atoms with van der Waals surface area (Å²) in [5, 5.41) is 3.09. The quantitative estimate of drug-likeness (QED) is 0.809. The highest BCUT2D eigenvalue weighted by molar-refractivity contribution is 8.00. The Morgan fingerprint density at radius 2 is 1.94 bits per heavy atom. The minimum absolute atomic E-state index is 0.0124. The molecular formula is C12H16F3NS. The second-order valence-electron chi connectivity index (χ2n) is 3.83. The van der Waals surface area contributed by atoms with Gasteiger partial charge in [-0.1, -0.05) is 24.3 Å². The third kappa shape index (κ3) is 5.46. The lowest BCUT2D eigenvalue weighted by Crippen LogP contribution is -2.23. The van der Waals surface area contributed by atoms with Crippen LogP contribution in [0.5, 0.6) is 0 Å². The topological polar surface area (TPSA) is 12.0 Å². The molecule has 0 aliphatic rings. The van der Waals surface area contributed by atoms with Gasteiger partial charge < -0.3 is 5.32 Å². The predicted octanol–water partition coefficient (Wildman–Crippen LogP) is 3.90. The first kappa shape index (κ1) is 14.4. The first-order chi connectivity index (χ1) is 7.90. The fraction of sp³-hybridized carbons (Fsp3) is 0.500. The monoisotopic (exact) mass is 263 g/mol. The molecule has 0 fully saturated rings. The van der Waals surface area contributed by atoms with Gasteiger partial charge in [0.2, 0.25) is 0 Å². The fourth-order valence-corrected chi connectivity index (χ4v) is 2.08. The van der Waals surface area contributed by atoms with Crippen molar-refractivity contribution in [1.82, 2.24) is 5.32 Å². The molecule has 0 spiro atoms. The molecule has 5 heteroatoms. The zero-order chi connectivity index (χ0) is 12.9. The highest BCUT2D eigenvalue weighted by Gasteiger charge is 2.27. The molecule has 1 rings (SSSR count). The molecule has 1 atom stereocenters. The van der Waals surface area contributed by atoms with Gasteiger partial charge in [0.25, 0.3) is 0 Å². The number of alkyl halides is 3. The van der Waals surface area contributed by atoms with E-state index in [4.69, 9.17) is 0 Å². The molecule has 0 radical (unpaired) electrons. The Hall–Kier alpha value is -0.680. The Kier molecular flexibility index (Phi) is 5.33. The SMILES string of the molecule is Cc1ccccc1C(C)NCCSC(F)(F)F. The minimum Gasteiger partial charge on any atom is -0.309 e. The van der Waals surface area contributed by atoms with Gasteiger partial charge in [-0.25, -0.2) is 0 Å². The van der Waals surface area contributed by atoms with Crippen LogP contribution in [0.15, 0.2) is 24.3 Å². The van der Waals surface area contributed by atoms with Gasteiger partial charge in [0.15, 0.2) is 0 Å². The van der Waals surface area contributed by atoms with E-state index in [1.165, 1.54) is 0 Å². The van der Waals surface area contributed by atoms with Crippen LogP contribution in [0.4, 0.5) is 13.2 Å². The van der Waals surface area contributed by atoms with E-state index in [0.29, 0.717) is 6.54 Å². The van der Waals surface area contributed by atoms with Crippen LogP contribution < -0.4 is 5.32 Å². The maximum absolute atomic E-state index is 11.9. The second kappa shape index (κ2) is 6.31. The summed E-state index contributed by atoms with van der Waals surface area (Å²) in [5.41, 5.74) is -1.85. The number of thioether (sulfide) groups is 1. The van der Waals surface area contributed by atoms with Crippen LogP contribution >= 0.6 is 11.8 Å². The fourth-order valence-electron chi connectivity index (χ4n) is 1.62. The molecule has 17 heavy (non-hydrogen) atoms. The van der Waals surface area contributed by atoms with Gasteiger partial charge in [-0.3, -0.25) is 0 Å². The van der Waals surface area contributed by atoms with Crippen LogP contribution in [0, 0.1) is 6.92 Å². The molecule has 1 nitrogen and oxygen atoms in total. The molecule has 1 unspecified atom stereocenters. The van der Waals surface area contributed by atoms with E-state index in [9.17, 15) is 13.2 Å². The van der Waals surface area contributed by atoms with E-state index < -0.39 is 5.51 Å². The van der Waals surface area contributed by atoms with Gasteiger partial charge in [-0.2, -0.15) is 13.2 Å². The average Bonchev–Trinajstić information content (AvgIpc) is 2.23. The summed E-state index contributed by atoms with van der Waals surface area (Å²) in [6.07, 6.45) is 0. The Labute approximate surface area is 104 Å². The minimum atomic E-state index is -4.13. The molecule has 0 saturated heterocycles. The van der Waals surface area contributed by atoms with E-state index in [-0.39, 0.29) is 23.6 Å². The lowest BCUT2D eigenvalue weighted by molar-refractivity contribution is -0.0327. The van der Waals surface area contributed by atoms with Gasteiger partial charge >= 0.3 is 5.51 Å². The summed E-state index contributed by atoms with van der Waals surface area (Å²) in [6.45, 7) is 4.30. The number of hydrogen-bond acceptors (Lipinski definition) is 2. The molecule has 0 aliphatic carbocycles. The van der Waals surface area contributed by atoms with Crippen LogP contribution in [-0.2, 0) is 0 Å². The number of hydrogen-bond donors (Lipinski definition) is 1. The van der Waals surface area contributed by atoms with Gasteiger partial charge in [0, 0.05) is 18.3 Å². The van der Waals surface area contributed by atoms with Crippen molar-refractivity contribution >= 4 is 11.8 Å². The van der Waals surface area contributed by atoms with Crippen molar-refractivity contribution in [3.63, 3.8) is 0 Å². The molecule has 96 valence electrons. The van der Waals surface area contributed by atoms with E-state index in [0.717, 1.165) is 11.1 Å². The summed E-state index contributed by atoms with van der Waals surface area (Å²) in [4.78, 5) is 0. The van der Waals surface area contributed by atoms with Crippen molar-refractivity contribution in [2.45, 2.75) is 25.4 Å². The molecule has 0 saturated carbocycles. The first-order valence-electron chi connectivity index (χ1n) is 5.40. The maximum Gasteiger partial charge on any atom is 0.441 e. The summed E-state index contributed by atoms with van der Waals surface area (Å²) in [5.74, 6) is 0.0414. The Bertz CT molecular complexity index is 352. The lowest BCUT2D eigenvalue weighted by atomic mass is 10.0. The third-order valence-corrected chi connectivity index (χ3v) is 3.21. The van der Waals surface area contributed by atoms with E-state index in [1.54, 1.807) is 0 Å². The standard InChI is InChI=1S/C12H16F3NS/c1-9-5-3-4-6-11(9)10(2)16-7-8-17-12(13,14)15/h3-6,10,16H,7-8H2,1-2H3. The molecule has 0 heterocycles. The van der Waals surface area contributed by atoms with Crippen LogP contribution in [-0.4, -0.2) is 17.8 Å². The summed E-state index contributed by atoms with van der Waals surface area (Å²) in [6, 6.07) is 7.95. The summed E-state index contributed by atoms with van der Waals surface area (Å²) < 4.78 is 35.7. The highest BCUT2D eigenvalue weighted by atomic mass is 32.2. The normalized spacial score (nSPS) is 13.7. The highest BCUT2D eigenvalue weighted by Crippen LogP contribution is 2.29. The molecule has 1 N–H and O–H groups in total. The summed E-state index contributed by atoms with van der Waals surface area (Å²) >= 11 is 0.0124. The van der Waals surface area contributed by atoms with E-state index >= 15 is 0 Å². The lowest BCUT2D eigenvalue weighted by Gasteiger charge is -2.16. The smallest absolute Gasteiger partial charge is 0.309 e. The Balaban J connectivity index is 2.36. The van der Waals surface area contributed by atoms with Crippen LogP contribution in [0.3, 0.4) is 0 Å². The van der Waals surface area contributed by atoms with Crippen molar-refractivity contribution in [2.24, 2.45) is 0 Å². The van der Waals surface area contributed by atoms with Crippen LogP contribution in [0.25, 0.3) is 0 Å². The van der Waals surface area contributed by atoms with Crippen LogP contribution in [0.1, 0.15) is 24.1 Å². The molecule has 0 amide bonds. The predicted molar refractivity (Wildman–Crippen MR) is 66.1 cm³/mol. The van der Waals surface area contributed by atoms with Crippen molar-refractivity contribution in [1.29, 1.82) is 0 Å². The zero-order valence-corrected chi connectivity index (χ0v) is 10.7. The number of rotatable bonds is 5.